The first-order chi connectivity index (χ1) is 13.5. The molecule has 9 heteroatoms. The largest absolute Gasteiger partial charge is 0.457 e. The van der Waals surface area contributed by atoms with Gasteiger partial charge in [0.05, 0.1) is 11.9 Å². The second-order valence-corrected chi connectivity index (χ2v) is 5.84. The van der Waals surface area contributed by atoms with Crippen LogP contribution in [0.5, 0.6) is 0 Å². The molecule has 0 aliphatic rings. The molecule has 0 spiro atoms. The summed E-state index contributed by atoms with van der Waals surface area (Å²) in [5.41, 5.74) is 0.811. The summed E-state index contributed by atoms with van der Waals surface area (Å²) in [4.78, 5) is 35.7. The van der Waals surface area contributed by atoms with Gasteiger partial charge in [0.25, 0.3) is 5.91 Å². The number of rotatable bonds is 7. The van der Waals surface area contributed by atoms with E-state index in [0.29, 0.717) is 10.9 Å². The average Bonchev–Trinajstić information content (AvgIpc) is 3.12. The minimum atomic E-state index is -1.16. The number of nitrogens with zero attached hydrogens (tertiary/aromatic N) is 1. The quantitative estimate of drug-likeness (QED) is 0.479. The lowest BCUT2D eigenvalue weighted by Crippen LogP contribution is -2.27. The van der Waals surface area contributed by atoms with Gasteiger partial charge in [-0.05, 0) is 24.3 Å². The summed E-state index contributed by atoms with van der Waals surface area (Å²) in [6.45, 7) is -0.625. The van der Waals surface area contributed by atoms with Gasteiger partial charge in [-0.1, -0.05) is 18.2 Å². The van der Waals surface area contributed by atoms with Crippen molar-refractivity contribution in [2.24, 2.45) is 0 Å². The van der Waals surface area contributed by atoms with Crippen LogP contribution in [0.25, 0.3) is 10.9 Å². The molecule has 7 nitrogen and oxygen atoms in total. The normalized spacial score (nSPS) is 10.6. The number of para-hydroxylation sites is 1. The molecule has 28 heavy (non-hydrogen) atoms. The Morgan fingerprint density at radius 1 is 1.07 bits per heavy atom. The van der Waals surface area contributed by atoms with E-state index in [1.807, 2.05) is 0 Å². The number of amides is 1. The van der Waals surface area contributed by atoms with Crippen LogP contribution in [0.4, 0.5) is 8.78 Å². The van der Waals surface area contributed by atoms with Crippen LogP contribution < -0.4 is 5.32 Å². The van der Waals surface area contributed by atoms with Crippen LogP contribution >= 0.6 is 0 Å². The van der Waals surface area contributed by atoms with E-state index in [0.717, 1.165) is 18.2 Å². The van der Waals surface area contributed by atoms with Gasteiger partial charge < -0.3 is 10.1 Å². The molecule has 144 valence electrons. The van der Waals surface area contributed by atoms with Crippen LogP contribution in [0, 0.1) is 11.6 Å². The molecule has 0 saturated carbocycles. The van der Waals surface area contributed by atoms with E-state index in [9.17, 15) is 23.2 Å². The Bertz CT molecular complexity index is 1050. The number of aromatic nitrogens is 2. The molecule has 2 aromatic carbocycles. The maximum atomic E-state index is 13.1. The van der Waals surface area contributed by atoms with E-state index in [4.69, 9.17) is 4.74 Å². The highest BCUT2D eigenvalue weighted by Crippen LogP contribution is 2.14. The third kappa shape index (κ3) is 4.37. The number of carbonyl (C=O) groups is 3. The number of H-pyrrole nitrogens is 1. The number of Topliss-reactive ketones (excluding diaryl/α,β-unsaturated/α-hetero) is 1. The maximum Gasteiger partial charge on any atom is 0.308 e. The summed E-state index contributed by atoms with van der Waals surface area (Å²) < 4.78 is 30.8. The highest BCUT2D eigenvalue weighted by Gasteiger charge is 2.15. The highest BCUT2D eigenvalue weighted by atomic mass is 19.2. The molecule has 0 fully saturated rings. The topological polar surface area (TPSA) is 101 Å². The minimum Gasteiger partial charge on any atom is -0.457 e. The van der Waals surface area contributed by atoms with Gasteiger partial charge in [0, 0.05) is 17.5 Å². The number of fused-ring (bicyclic) bond motifs is 1. The van der Waals surface area contributed by atoms with Gasteiger partial charge >= 0.3 is 5.97 Å². The van der Waals surface area contributed by atoms with Crippen molar-refractivity contribution in [2.45, 2.75) is 6.42 Å². The van der Waals surface area contributed by atoms with E-state index >= 15 is 0 Å². The number of aromatic amines is 1. The Balaban J connectivity index is 1.44. The molecule has 2 N–H and O–H groups in total. The standard InChI is InChI=1S/C19H15F2N3O4/c20-13-6-5-11(9-14(13)21)16(25)10-28-17(26)7-8-22-19(27)18-12-3-1-2-4-15(12)23-24-18/h1-6,9H,7-8,10H2,(H,22,27)(H,23,24). The lowest BCUT2D eigenvalue weighted by Gasteiger charge is -2.06. The van der Waals surface area contributed by atoms with E-state index in [-0.39, 0.29) is 24.2 Å². The van der Waals surface area contributed by atoms with Crippen molar-refractivity contribution in [2.75, 3.05) is 13.2 Å². The third-order valence-electron chi connectivity index (χ3n) is 3.91. The van der Waals surface area contributed by atoms with E-state index in [1.165, 1.54) is 0 Å². The van der Waals surface area contributed by atoms with Gasteiger partial charge in [0.2, 0.25) is 0 Å². The second-order valence-electron chi connectivity index (χ2n) is 5.84. The molecule has 3 rings (SSSR count). The first kappa shape index (κ1) is 19.2. The highest BCUT2D eigenvalue weighted by molar-refractivity contribution is 6.04. The molecule has 1 heterocycles. The predicted octanol–water partition coefficient (Wildman–Crippen LogP) is 2.39. The third-order valence-corrected chi connectivity index (χ3v) is 3.91. The summed E-state index contributed by atoms with van der Waals surface area (Å²) in [5, 5.41) is 9.87. The van der Waals surface area contributed by atoms with Gasteiger partial charge in [-0.2, -0.15) is 5.10 Å². The molecule has 0 aliphatic heterocycles. The van der Waals surface area contributed by atoms with Gasteiger partial charge in [0.15, 0.2) is 29.7 Å². The van der Waals surface area contributed by atoms with Crippen LogP contribution in [0.3, 0.4) is 0 Å². The number of carbonyl (C=O) groups excluding carboxylic acids is 3. The zero-order chi connectivity index (χ0) is 20.1. The molecule has 0 aliphatic carbocycles. The van der Waals surface area contributed by atoms with Gasteiger partial charge in [-0.25, -0.2) is 8.78 Å². The summed E-state index contributed by atoms with van der Waals surface area (Å²) in [7, 11) is 0. The number of benzene rings is 2. The summed E-state index contributed by atoms with van der Waals surface area (Å²) in [6.07, 6.45) is -0.168. The van der Waals surface area contributed by atoms with E-state index in [1.54, 1.807) is 24.3 Å². The number of esters is 1. The molecule has 0 bridgehead atoms. The molecule has 0 saturated heterocycles. The fourth-order valence-corrected chi connectivity index (χ4v) is 2.47. The van der Waals surface area contributed by atoms with Gasteiger partial charge in [-0.3, -0.25) is 19.5 Å². The Morgan fingerprint density at radius 2 is 1.86 bits per heavy atom. The van der Waals surface area contributed by atoms with Crippen LogP contribution in [0.1, 0.15) is 27.3 Å². The van der Waals surface area contributed by atoms with E-state index < -0.39 is 35.9 Å². The first-order valence-electron chi connectivity index (χ1n) is 8.31. The number of ketones is 1. The molecule has 3 aromatic rings. The van der Waals surface area contributed by atoms with Crippen LogP contribution in [0.2, 0.25) is 0 Å². The Labute approximate surface area is 157 Å². The predicted molar refractivity (Wildman–Crippen MR) is 94.7 cm³/mol. The van der Waals surface area contributed by atoms with Crippen molar-refractivity contribution in [3.05, 3.63) is 65.4 Å². The van der Waals surface area contributed by atoms with Crippen molar-refractivity contribution in [1.29, 1.82) is 0 Å². The number of halogens is 2. The summed E-state index contributed by atoms with van der Waals surface area (Å²) >= 11 is 0. The Kier molecular flexibility index (Phi) is 5.73. The average molecular weight is 387 g/mol. The van der Waals surface area contributed by atoms with Crippen molar-refractivity contribution < 1.29 is 27.9 Å². The maximum absolute atomic E-state index is 13.1. The van der Waals surface area contributed by atoms with Gasteiger partial charge in [-0.15, -0.1) is 0 Å². The number of hydrogen-bond acceptors (Lipinski definition) is 5. The van der Waals surface area contributed by atoms with Crippen molar-refractivity contribution in [1.82, 2.24) is 15.5 Å². The number of ether oxygens (including phenoxy) is 1. The summed E-state index contributed by atoms with van der Waals surface area (Å²) in [5.74, 6) is -4.08. The molecule has 1 aromatic heterocycles. The summed E-state index contributed by atoms with van der Waals surface area (Å²) in [6, 6.07) is 9.75. The molecule has 0 unspecified atom stereocenters. The molecule has 0 atom stereocenters. The fourth-order valence-electron chi connectivity index (χ4n) is 2.47. The van der Waals surface area contributed by atoms with Crippen LogP contribution in [-0.2, 0) is 9.53 Å². The lowest BCUT2D eigenvalue weighted by atomic mass is 10.1. The molecule has 1 amide bonds. The van der Waals surface area contributed by atoms with Gasteiger partial charge in [0.1, 0.15) is 0 Å². The zero-order valence-corrected chi connectivity index (χ0v) is 14.5. The first-order valence-corrected chi connectivity index (χ1v) is 8.31. The molecule has 0 radical (unpaired) electrons. The zero-order valence-electron chi connectivity index (χ0n) is 14.5. The number of hydrogen-bond donors (Lipinski definition) is 2. The SMILES string of the molecule is O=C(CCNC(=O)c1n[nH]c2ccccc12)OCC(=O)c1ccc(F)c(F)c1. The number of nitrogens with one attached hydrogen (secondary N) is 2. The van der Waals surface area contributed by atoms with Crippen LogP contribution in [-0.4, -0.2) is 41.0 Å². The van der Waals surface area contributed by atoms with Crippen LogP contribution in [0.15, 0.2) is 42.5 Å². The monoisotopic (exact) mass is 387 g/mol. The van der Waals surface area contributed by atoms with Crippen molar-refractivity contribution >= 4 is 28.6 Å². The Hall–Kier alpha value is -3.62. The van der Waals surface area contributed by atoms with Crippen molar-refractivity contribution in [3.8, 4) is 0 Å². The molecular weight excluding hydrogens is 372 g/mol. The lowest BCUT2D eigenvalue weighted by molar-refractivity contribution is -0.142. The minimum absolute atomic E-state index is 0.0157. The molecular formula is C19H15F2N3O4. The fraction of sp³-hybridized carbons (Fsp3) is 0.158. The van der Waals surface area contributed by atoms with E-state index in [2.05, 4.69) is 15.5 Å². The van der Waals surface area contributed by atoms with Crippen molar-refractivity contribution in [3.63, 3.8) is 0 Å². The smallest absolute Gasteiger partial charge is 0.308 e. The second kappa shape index (κ2) is 8.38. The Morgan fingerprint density at radius 3 is 2.64 bits per heavy atom.